The lowest BCUT2D eigenvalue weighted by atomic mass is 9.50. The summed E-state index contributed by atoms with van der Waals surface area (Å²) in [6.07, 6.45) is 7.65. The van der Waals surface area contributed by atoms with Crippen LogP contribution in [-0.4, -0.2) is 10.1 Å². The summed E-state index contributed by atoms with van der Waals surface area (Å²) in [4.78, 5) is 14.9. The number of rotatable bonds is 3. The minimum absolute atomic E-state index is 0.0814. The minimum atomic E-state index is -0.395. The van der Waals surface area contributed by atoms with E-state index in [9.17, 15) is 10.1 Å². The molecule has 0 aliphatic heterocycles. The Morgan fingerprint density at radius 2 is 1.59 bits per heavy atom. The zero-order valence-electron chi connectivity index (χ0n) is 12.4. The van der Waals surface area contributed by atoms with E-state index in [0.29, 0.717) is 5.69 Å². The maximum Gasteiger partial charge on any atom is 0.269 e. The molecule has 0 amide bonds. The maximum absolute atomic E-state index is 10.7. The second-order valence-electron chi connectivity index (χ2n) is 7.37. The summed E-state index contributed by atoms with van der Waals surface area (Å²) in [7, 11) is 0. The van der Waals surface area contributed by atoms with Crippen molar-refractivity contribution in [2.45, 2.75) is 38.5 Å². The Balaban J connectivity index is 1.60. The molecule has 0 radical (unpaired) electrons. The van der Waals surface area contributed by atoms with Crippen LogP contribution in [0, 0.1) is 33.3 Å². The highest BCUT2D eigenvalue weighted by molar-refractivity contribution is 6.66. The molecule has 22 heavy (non-hydrogen) atoms. The van der Waals surface area contributed by atoms with Crippen LogP contribution in [-0.2, 0) is 0 Å². The van der Waals surface area contributed by atoms with Gasteiger partial charge in [0.05, 0.1) is 10.6 Å². The summed E-state index contributed by atoms with van der Waals surface area (Å²) in [6.45, 7) is 0. The molecule has 0 saturated heterocycles. The fourth-order valence-electron chi connectivity index (χ4n) is 5.24. The van der Waals surface area contributed by atoms with Gasteiger partial charge in [0.2, 0.25) is 0 Å². The summed E-state index contributed by atoms with van der Waals surface area (Å²) in [5.41, 5.74) is 0.883. The Morgan fingerprint density at radius 1 is 1.09 bits per heavy atom. The van der Waals surface area contributed by atoms with E-state index in [-0.39, 0.29) is 11.1 Å². The summed E-state index contributed by atoms with van der Waals surface area (Å²) in [5, 5.41) is 11.4. The van der Waals surface area contributed by atoms with E-state index in [1.165, 1.54) is 50.7 Å². The molecule has 5 heteroatoms. The summed E-state index contributed by atoms with van der Waals surface area (Å²) in [6, 6.07) is 6.34. The van der Waals surface area contributed by atoms with Crippen molar-refractivity contribution in [1.82, 2.24) is 0 Å². The Hall–Kier alpha value is -1.42. The van der Waals surface area contributed by atoms with Gasteiger partial charge in [-0.2, -0.15) is 0 Å². The average Bonchev–Trinajstić information content (AvgIpc) is 2.46. The molecule has 4 saturated carbocycles. The van der Waals surface area contributed by atoms with Gasteiger partial charge in [-0.25, -0.2) is 4.99 Å². The number of non-ortho nitro benzene ring substituents is 1. The molecule has 116 valence electrons. The SMILES string of the molecule is O=[N+]([O-])c1ccc(N=C(Cl)C23CC4CC(CC(C4)C2)C3)cc1. The zero-order chi connectivity index (χ0) is 15.3. The first-order valence-electron chi connectivity index (χ1n) is 8.03. The molecule has 4 fully saturated rings. The first-order valence-corrected chi connectivity index (χ1v) is 8.41. The zero-order valence-corrected chi connectivity index (χ0v) is 13.1. The van der Waals surface area contributed by atoms with Crippen molar-refractivity contribution in [3.05, 3.63) is 34.4 Å². The molecule has 0 unspecified atom stereocenters. The van der Waals surface area contributed by atoms with Crippen LogP contribution >= 0.6 is 11.6 Å². The number of aliphatic imine (C=N–C) groups is 1. The molecule has 4 aliphatic carbocycles. The maximum atomic E-state index is 10.7. The van der Waals surface area contributed by atoms with Crippen molar-refractivity contribution in [1.29, 1.82) is 0 Å². The Bertz CT molecular complexity index is 603. The van der Waals surface area contributed by atoms with Crippen LogP contribution in [0.5, 0.6) is 0 Å². The minimum Gasteiger partial charge on any atom is -0.258 e. The van der Waals surface area contributed by atoms with E-state index in [0.717, 1.165) is 22.9 Å². The average molecular weight is 319 g/mol. The molecule has 1 aromatic carbocycles. The highest BCUT2D eigenvalue weighted by atomic mass is 35.5. The van der Waals surface area contributed by atoms with Crippen LogP contribution in [0.3, 0.4) is 0 Å². The predicted molar refractivity (Wildman–Crippen MR) is 86.6 cm³/mol. The fraction of sp³-hybridized carbons (Fsp3) is 0.588. The topological polar surface area (TPSA) is 55.5 Å². The van der Waals surface area contributed by atoms with Crippen LogP contribution in [0.25, 0.3) is 0 Å². The largest absolute Gasteiger partial charge is 0.269 e. The molecule has 4 nitrogen and oxygen atoms in total. The normalized spacial score (nSPS) is 36.6. The number of halogens is 1. The van der Waals surface area contributed by atoms with Crippen LogP contribution in [0.15, 0.2) is 29.3 Å². The van der Waals surface area contributed by atoms with Gasteiger partial charge in [0.25, 0.3) is 5.69 Å². The monoisotopic (exact) mass is 318 g/mol. The molecule has 0 N–H and O–H groups in total. The molecule has 1 aromatic rings. The third-order valence-corrected chi connectivity index (χ3v) is 6.25. The molecule has 0 aromatic heterocycles. The third kappa shape index (κ3) is 2.34. The Labute approximate surface area is 134 Å². The molecular formula is C17H19ClN2O2. The number of nitrogens with zero attached hydrogens (tertiary/aromatic N) is 2. The quantitative estimate of drug-likeness (QED) is 0.443. The second kappa shape index (κ2) is 5.05. The lowest BCUT2D eigenvalue weighted by Crippen LogP contribution is -2.48. The van der Waals surface area contributed by atoms with E-state index < -0.39 is 4.92 Å². The van der Waals surface area contributed by atoms with Crippen molar-refractivity contribution in [2.75, 3.05) is 0 Å². The number of benzene rings is 1. The standard InChI is InChI=1S/C17H19ClN2O2/c18-16(19-14-1-3-15(4-2-14)20(21)22)17-8-11-5-12(9-17)7-13(6-11)10-17/h1-4,11-13H,5-10H2. The van der Waals surface area contributed by atoms with E-state index in [1.807, 2.05) is 0 Å². The summed E-state index contributed by atoms with van der Waals surface area (Å²) >= 11 is 6.65. The van der Waals surface area contributed by atoms with Crippen LogP contribution in [0.1, 0.15) is 38.5 Å². The lowest BCUT2D eigenvalue weighted by Gasteiger charge is -2.56. The predicted octanol–water partition coefficient (Wildman–Crippen LogP) is 5.08. The van der Waals surface area contributed by atoms with Crippen LogP contribution in [0.2, 0.25) is 0 Å². The van der Waals surface area contributed by atoms with Crippen LogP contribution in [0.4, 0.5) is 11.4 Å². The van der Waals surface area contributed by atoms with Crippen LogP contribution < -0.4 is 0 Å². The van der Waals surface area contributed by atoms with Gasteiger partial charge in [0.1, 0.15) is 5.17 Å². The summed E-state index contributed by atoms with van der Waals surface area (Å²) in [5.74, 6) is 2.48. The second-order valence-corrected chi connectivity index (χ2v) is 7.73. The van der Waals surface area contributed by atoms with E-state index in [2.05, 4.69) is 4.99 Å². The van der Waals surface area contributed by atoms with Gasteiger partial charge in [-0.1, -0.05) is 11.6 Å². The Kier molecular flexibility index (Phi) is 3.26. The molecule has 4 bridgehead atoms. The molecular weight excluding hydrogens is 300 g/mol. The number of nitro groups is 1. The first-order chi connectivity index (χ1) is 10.5. The van der Waals surface area contributed by atoms with E-state index >= 15 is 0 Å². The van der Waals surface area contributed by atoms with Gasteiger partial charge in [-0.3, -0.25) is 10.1 Å². The van der Waals surface area contributed by atoms with Gasteiger partial charge in [-0.05, 0) is 68.4 Å². The molecule has 0 spiro atoms. The highest BCUT2D eigenvalue weighted by Gasteiger charge is 2.53. The van der Waals surface area contributed by atoms with E-state index in [1.54, 1.807) is 12.1 Å². The van der Waals surface area contributed by atoms with Gasteiger partial charge >= 0.3 is 0 Å². The highest BCUT2D eigenvalue weighted by Crippen LogP contribution is 2.61. The first kappa shape index (κ1) is 14.2. The lowest BCUT2D eigenvalue weighted by molar-refractivity contribution is -0.384. The third-order valence-electron chi connectivity index (χ3n) is 5.76. The van der Waals surface area contributed by atoms with Gasteiger partial charge in [0, 0.05) is 17.5 Å². The van der Waals surface area contributed by atoms with Gasteiger partial charge in [-0.15, -0.1) is 0 Å². The Morgan fingerprint density at radius 3 is 2.05 bits per heavy atom. The van der Waals surface area contributed by atoms with E-state index in [4.69, 9.17) is 11.6 Å². The van der Waals surface area contributed by atoms with Crippen molar-refractivity contribution < 1.29 is 4.92 Å². The smallest absolute Gasteiger partial charge is 0.258 e. The molecule has 0 heterocycles. The number of hydrogen-bond acceptors (Lipinski definition) is 3. The molecule has 0 atom stereocenters. The van der Waals surface area contributed by atoms with Gasteiger partial charge < -0.3 is 0 Å². The number of hydrogen-bond donors (Lipinski definition) is 0. The van der Waals surface area contributed by atoms with Crippen molar-refractivity contribution in [2.24, 2.45) is 28.2 Å². The molecule has 5 rings (SSSR count). The fourth-order valence-corrected chi connectivity index (χ4v) is 5.57. The van der Waals surface area contributed by atoms with Gasteiger partial charge in [0.15, 0.2) is 0 Å². The van der Waals surface area contributed by atoms with Crippen molar-refractivity contribution in [3.8, 4) is 0 Å². The van der Waals surface area contributed by atoms with Crippen molar-refractivity contribution >= 4 is 28.1 Å². The summed E-state index contributed by atoms with van der Waals surface area (Å²) < 4.78 is 0. The molecule has 4 aliphatic rings. The number of nitro benzene ring substituents is 1. The van der Waals surface area contributed by atoms with Crippen molar-refractivity contribution in [3.63, 3.8) is 0 Å².